The van der Waals surface area contributed by atoms with Crippen LogP contribution in [0.25, 0.3) is 17.3 Å². The van der Waals surface area contributed by atoms with Gasteiger partial charge in [-0.15, -0.1) is 21.5 Å². The lowest BCUT2D eigenvalue weighted by Gasteiger charge is -2.13. The van der Waals surface area contributed by atoms with E-state index in [1.165, 1.54) is 23.1 Å². The first-order valence-electron chi connectivity index (χ1n) is 11.2. The number of thioether (sulfide) groups is 1. The molecule has 182 valence electrons. The van der Waals surface area contributed by atoms with Crippen molar-refractivity contribution < 1.29 is 9.21 Å². The average Bonchev–Trinajstić information content (AvgIpc) is 3.65. The molecule has 36 heavy (non-hydrogen) atoms. The van der Waals surface area contributed by atoms with Crippen molar-refractivity contribution in [1.29, 1.82) is 0 Å². The van der Waals surface area contributed by atoms with Crippen molar-refractivity contribution in [1.82, 2.24) is 25.1 Å². The number of furan rings is 1. The van der Waals surface area contributed by atoms with E-state index in [2.05, 4.69) is 20.5 Å². The molecule has 0 aliphatic rings. The molecule has 0 spiro atoms. The summed E-state index contributed by atoms with van der Waals surface area (Å²) < 4.78 is 7.54. The normalized spacial score (nSPS) is 12.0. The van der Waals surface area contributed by atoms with Gasteiger partial charge in [0.1, 0.15) is 10.7 Å². The third kappa shape index (κ3) is 5.23. The second-order valence-corrected chi connectivity index (χ2v) is 10.4. The summed E-state index contributed by atoms with van der Waals surface area (Å²) in [5.74, 6) is 1.52. The van der Waals surface area contributed by atoms with Crippen LogP contribution in [0.2, 0.25) is 5.02 Å². The van der Waals surface area contributed by atoms with Gasteiger partial charge in [0.2, 0.25) is 5.82 Å². The summed E-state index contributed by atoms with van der Waals surface area (Å²) in [5.41, 5.74) is 3.34. The van der Waals surface area contributed by atoms with Crippen LogP contribution >= 0.6 is 34.7 Å². The van der Waals surface area contributed by atoms with Gasteiger partial charge in [0.05, 0.1) is 23.7 Å². The summed E-state index contributed by atoms with van der Waals surface area (Å²) in [5, 5.41) is 15.7. The summed E-state index contributed by atoms with van der Waals surface area (Å²) in [6, 6.07) is 19.1. The Hall–Kier alpha value is -3.40. The Morgan fingerprint density at radius 2 is 2.00 bits per heavy atom. The Morgan fingerprint density at radius 1 is 1.17 bits per heavy atom. The summed E-state index contributed by atoms with van der Waals surface area (Å²) in [6.45, 7) is 3.96. The highest BCUT2D eigenvalue weighted by molar-refractivity contribution is 7.98. The molecule has 1 atom stereocenters. The summed E-state index contributed by atoms with van der Waals surface area (Å²) in [6.07, 6.45) is 1.60. The molecule has 0 radical (unpaired) electrons. The lowest BCUT2D eigenvalue weighted by molar-refractivity contribution is 0.0935. The number of hydrogen-bond donors (Lipinski definition) is 1. The van der Waals surface area contributed by atoms with Crippen molar-refractivity contribution in [3.63, 3.8) is 0 Å². The molecule has 2 aromatic carbocycles. The highest BCUT2D eigenvalue weighted by atomic mass is 35.5. The second kappa shape index (κ2) is 10.7. The van der Waals surface area contributed by atoms with Crippen molar-refractivity contribution in [3.8, 4) is 17.3 Å². The van der Waals surface area contributed by atoms with Crippen molar-refractivity contribution in [2.75, 3.05) is 0 Å². The van der Waals surface area contributed by atoms with Crippen molar-refractivity contribution in [2.24, 2.45) is 0 Å². The maximum absolute atomic E-state index is 12.7. The molecular weight excluding hydrogens is 514 g/mol. The maximum Gasteiger partial charge on any atom is 0.271 e. The average molecular weight is 536 g/mol. The molecule has 0 bridgehead atoms. The molecule has 5 aromatic rings. The van der Waals surface area contributed by atoms with Gasteiger partial charge >= 0.3 is 0 Å². The Bertz CT molecular complexity index is 1480. The van der Waals surface area contributed by atoms with Gasteiger partial charge in [-0.3, -0.25) is 9.36 Å². The van der Waals surface area contributed by atoms with E-state index in [9.17, 15) is 4.79 Å². The number of rotatable bonds is 8. The predicted octanol–water partition coefficient (Wildman–Crippen LogP) is 6.73. The Balaban J connectivity index is 1.34. The molecule has 1 amide bonds. The highest BCUT2D eigenvalue weighted by Crippen LogP contribution is 2.32. The standard InChI is InChI=1S/C26H22ClN5O2S2/c1-16-10-11-19(27)13-21(16)32-24(22-9-6-12-34-22)30-31-26(32)36-15-23-29-20(14-35-23)25(33)28-17(2)18-7-4-3-5-8-18/h3-14,17H,15H2,1-2H3,(H,28,33). The van der Waals surface area contributed by atoms with Gasteiger partial charge in [0.15, 0.2) is 10.9 Å². The fourth-order valence-electron chi connectivity index (χ4n) is 3.67. The van der Waals surface area contributed by atoms with E-state index >= 15 is 0 Å². The van der Waals surface area contributed by atoms with Gasteiger partial charge in [-0.1, -0.05) is 59.8 Å². The minimum Gasteiger partial charge on any atom is -0.461 e. The molecule has 3 aromatic heterocycles. The molecule has 7 nitrogen and oxygen atoms in total. The monoisotopic (exact) mass is 535 g/mol. The van der Waals surface area contributed by atoms with Crippen LogP contribution in [-0.2, 0) is 5.75 Å². The number of nitrogens with zero attached hydrogens (tertiary/aromatic N) is 4. The van der Waals surface area contributed by atoms with Crippen LogP contribution in [0.15, 0.2) is 81.9 Å². The van der Waals surface area contributed by atoms with Crippen LogP contribution in [0.5, 0.6) is 0 Å². The van der Waals surface area contributed by atoms with Crippen molar-refractivity contribution in [2.45, 2.75) is 30.8 Å². The van der Waals surface area contributed by atoms with Gasteiger partial charge in [-0.05, 0) is 49.2 Å². The van der Waals surface area contributed by atoms with Crippen LogP contribution in [-0.4, -0.2) is 25.7 Å². The fraction of sp³-hybridized carbons (Fsp3) is 0.154. The molecule has 0 aliphatic heterocycles. The van der Waals surface area contributed by atoms with E-state index in [1.54, 1.807) is 11.6 Å². The zero-order chi connectivity index (χ0) is 25.1. The number of hydrogen-bond acceptors (Lipinski definition) is 7. The minimum atomic E-state index is -0.198. The molecule has 1 N–H and O–H groups in total. The van der Waals surface area contributed by atoms with E-state index in [0.29, 0.717) is 33.2 Å². The summed E-state index contributed by atoms with van der Waals surface area (Å²) in [4.78, 5) is 17.3. The molecule has 0 saturated heterocycles. The highest BCUT2D eigenvalue weighted by Gasteiger charge is 2.21. The number of thiazole rings is 1. The second-order valence-electron chi connectivity index (χ2n) is 8.07. The molecule has 0 aliphatic carbocycles. The first kappa shape index (κ1) is 24.3. The number of aromatic nitrogens is 4. The van der Waals surface area contributed by atoms with Gasteiger partial charge < -0.3 is 9.73 Å². The lowest BCUT2D eigenvalue weighted by atomic mass is 10.1. The third-order valence-electron chi connectivity index (χ3n) is 5.54. The van der Waals surface area contributed by atoms with E-state index in [1.807, 2.05) is 79.1 Å². The number of carbonyl (C=O) groups is 1. The van der Waals surface area contributed by atoms with Crippen molar-refractivity contribution >= 4 is 40.6 Å². The van der Waals surface area contributed by atoms with Crippen LogP contribution in [0.3, 0.4) is 0 Å². The number of aryl methyl sites for hydroxylation is 1. The SMILES string of the molecule is Cc1ccc(Cl)cc1-n1c(SCc2nc(C(=O)NC(C)c3ccccc3)cs2)nnc1-c1ccco1. The predicted molar refractivity (Wildman–Crippen MR) is 143 cm³/mol. The molecule has 1 unspecified atom stereocenters. The van der Waals surface area contributed by atoms with Gasteiger partial charge in [-0.25, -0.2) is 4.98 Å². The quantitative estimate of drug-likeness (QED) is 0.222. The van der Waals surface area contributed by atoms with Gasteiger partial charge in [-0.2, -0.15) is 0 Å². The summed E-state index contributed by atoms with van der Waals surface area (Å²) in [7, 11) is 0. The largest absolute Gasteiger partial charge is 0.461 e. The summed E-state index contributed by atoms with van der Waals surface area (Å²) >= 11 is 9.24. The molecular formula is C26H22ClN5O2S2. The van der Waals surface area contributed by atoms with E-state index in [4.69, 9.17) is 16.0 Å². The van der Waals surface area contributed by atoms with E-state index in [-0.39, 0.29) is 11.9 Å². The molecule has 0 fully saturated rings. The third-order valence-corrected chi connectivity index (χ3v) is 7.75. The Labute approximate surface area is 221 Å². The van der Waals surface area contributed by atoms with Gasteiger partial charge in [0, 0.05) is 10.4 Å². The molecule has 3 heterocycles. The smallest absolute Gasteiger partial charge is 0.271 e. The number of benzene rings is 2. The van der Waals surface area contributed by atoms with Gasteiger partial charge in [0.25, 0.3) is 5.91 Å². The maximum atomic E-state index is 12.7. The van der Waals surface area contributed by atoms with E-state index < -0.39 is 0 Å². The van der Waals surface area contributed by atoms with Crippen LogP contribution in [0.1, 0.15) is 39.6 Å². The number of amides is 1. The molecule has 10 heteroatoms. The number of halogens is 1. The zero-order valence-corrected chi connectivity index (χ0v) is 21.9. The molecule has 5 rings (SSSR count). The Morgan fingerprint density at radius 3 is 2.78 bits per heavy atom. The van der Waals surface area contributed by atoms with Crippen LogP contribution < -0.4 is 5.32 Å². The topological polar surface area (TPSA) is 85.8 Å². The van der Waals surface area contributed by atoms with Crippen LogP contribution in [0, 0.1) is 6.92 Å². The minimum absolute atomic E-state index is 0.113. The number of carbonyl (C=O) groups excluding carboxylic acids is 1. The lowest BCUT2D eigenvalue weighted by Crippen LogP contribution is -2.26. The van der Waals surface area contributed by atoms with Crippen molar-refractivity contribution in [3.05, 3.63) is 99.2 Å². The first-order chi connectivity index (χ1) is 17.5. The zero-order valence-electron chi connectivity index (χ0n) is 19.5. The fourth-order valence-corrected chi connectivity index (χ4v) is 5.58. The first-order valence-corrected chi connectivity index (χ1v) is 13.4. The Kier molecular flexibility index (Phi) is 7.22. The number of nitrogens with one attached hydrogen (secondary N) is 1. The van der Waals surface area contributed by atoms with Crippen LogP contribution in [0.4, 0.5) is 0 Å². The van der Waals surface area contributed by atoms with E-state index in [0.717, 1.165) is 21.8 Å². The molecule has 0 saturated carbocycles.